The Kier molecular flexibility index (Phi) is 6.67. The van der Waals surface area contributed by atoms with Crippen molar-refractivity contribution in [1.29, 1.82) is 0 Å². The summed E-state index contributed by atoms with van der Waals surface area (Å²) in [5, 5.41) is 5.10. The molecule has 24 heavy (non-hydrogen) atoms. The van der Waals surface area contributed by atoms with Gasteiger partial charge in [0.1, 0.15) is 6.04 Å². The fourth-order valence-corrected chi connectivity index (χ4v) is 3.23. The Labute approximate surface area is 147 Å². The van der Waals surface area contributed by atoms with Gasteiger partial charge in [-0.25, -0.2) is 4.79 Å². The first-order valence-electron chi connectivity index (χ1n) is 7.98. The van der Waals surface area contributed by atoms with Crippen LogP contribution >= 0.6 is 11.8 Å². The minimum atomic E-state index is -0.584. The lowest BCUT2D eigenvalue weighted by Gasteiger charge is -2.18. The predicted molar refractivity (Wildman–Crippen MR) is 98.1 cm³/mol. The van der Waals surface area contributed by atoms with Gasteiger partial charge in [-0.1, -0.05) is 44.2 Å². The normalized spacial score (nSPS) is 12.2. The second-order valence-electron chi connectivity index (χ2n) is 6.07. The van der Waals surface area contributed by atoms with Crippen LogP contribution in [-0.2, 0) is 14.3 Å². The SMILES string of the molecule is COC(=O)C(CC(C)C)NC(=O)CSc1ccc2ccccc2c1. The van der Waals surface area contributed by atoms with E-state index >= 15 is 0 Å². The van der Waals surface area contributed by atoms with E-state index in [0.717, 1.165) is 10.3 Å². The lowest BCUT2D eigenvalue weighted by molar-refractivity contribution is -0.145. The number of nitrogens with one attached hydrogen (secondary N) is 1. The maximum absolute atomic E-state index is 12.2. The molecule has 0 aliphatic carbocycles. The minimum Gasteiger partial charge on any atom is -0.467 e. The number of methoxy groups -OCH3 is 1. The molecule has 1 amide bonds. The smallest absolute Gasteiger partial charge is 0.328 e. The molecule has 0 fully saturated rings. The molecule has 0 spiro atoms. The van der Waals surface area contributed by atoms with Crippen LogP contribution in [0.3, 0.4) is 0 Å². The summed E-state index contributed by atoms with van der Waals surface area (Å²) in [6, 6.07) is 13.6. The summed E-state index contributed by atoms with van der Waals surface area (Å²) >= 11 is 1.46. The van der Waals surface area contributed by atoms with Gasteiger partial charge in [0.2, 0.25) is 5.91 Å². The van der Waals surface area contributed by atoms with Crippen LogP contribution in [0.2, 0.25) is 0 Å². The summed E-state index contributed by atoms with van der Waals surface area (Å²) in [6.45, 7) is 4.01. The Morgan fingerprint density at radius 1 is 1.12 bits per heavy atom. The van der Waals surface area contributed by atoms with Crippen molar-refractivity contribution >= 4 is 34.4 Å². The van der Waals surface area contributed by atoms with Crippen molar-refractivity contribution in [3.05, 3.63) is 42.5 Å². The van der Waals surface area contributed by atoms with E-state index in [2.05, 4.69) is 23.5 Å². The zero-order valence-corrected chi connectivity index (χ0v) is 15.1. The van der Waals surface area contributed by atoms with Crippen molar-refractivity contribution in [1.82, 2.24) is 5.32 Å². The number of hydrogen-bond donors (Lipinski definition) is 1. The minimum absolute atomic E-state index is 0.163. The molecule has 0 aliphatic heterocycles. The molecular weight excluding hydrogens is 322 g/mol. The van der Waals surface area contributed by atoms with Crippen molar-refractivity contribution in [3.8, 4) is 0 Å². The van der Waals surface area contributed by atoms with Crippen LogP contribution in [-0.4, -0.2) is 30.8 Å². The lowest BCUT2D eigenvalue weighted by atomic mass is 10.0. The van der Waals surface area contributed by atoms with Crippen LogP contribution in [0, 0.1) is 5.92 Å². The average Bonchev–Trinajstić information content (AvgIpc) is 2.58. The number of amides is 1. The van der Waals surface area contributed by atoms with Crippen LogP contribution in [0.5, 0.6) is 0 Å². The summed E-state index contributed by atoms with van der Waals surface area (Å²) in [4.78, 5) is 24.9. The number of carbonyl (C=O) groups is 2. The topological polar surface area (TPSA) is 55.4 Å². The van der Waals surface area contributed by atoms with E-state index in [1.165, 1.54) is 24.3 Å². The largest absolute Gasteiger partial charge is 0.467 e. The predicted octanol–water partition coefficient (Wildman–Crippen LogP) is 3.64. The van der Waals surface area contributed by atoms with Gasteiger partial charge in [-0.2, -0.15) is 0 Å². The molecule has 2 aromatic carbocycles. The maximum atomic E-state index is 12.2. The Morgan fingerprint density at radius 2 is 1.83 bits per heavy atom. The molecule has 0 saturated heterocycles. The summed E-state index contributed by atoms with van der Waals surface area (Å²) in [7, 11) is 1.34. The number of ether oxygens (including phenoxy) is 1. The molecule has 1 N–H and O–H groups in total. The fraction of sp³-hybridized carbons (Fsp3) is 0.368. The highest BCUT2D eigenvalue weighted by atomic mass is 32.2. The molecule has 1 unspecified atom stereocenters. The number of carbonyl (C=O) groups excluding carboxylic acids is 2. The van der Waals surface area contributed by atoms with Crippen molar-refractivity contribution in [2.45, 2.75) is 31.2 Å². The molecule has 0 heterocycles. The Morgan fingerprint density at radius 3 is 2.50 bits per heavy atom. The van der Waals surface area contributed by atoms with Gasteiger partial charge in [-0.05, 0) is 35.2 Å². The number of fused-ring (bicyclic) bond motifs is 1. The molecule has 0 bridgehead atoms. The first-order chi connectivity index (χ1) is 11.5. The number of thioether (sulfide) groups is 1. The van der Waals surface area contributed by atoms with E-state index in [4.69, 9.17) is 4.74 Å². The van der Waals surface area contributed by atoms with E-state index in [9.17, 15) is 9.59 Å². The zero-order valence-electron chi connectivity index (χ0n) is 14.2. The quantitative estimate of drug-likeness (QED) is 0.615. The zero-order chi connectivity index (χ0) is 17.5. The third-order valence-corrected chi connectivity index (χ3v) is 4.61. The molecule has 5 heteroatoms. The highest BCUT2D eigenvalue weighted by molar-refractivity contribution is 8.00. The molecule has 0 aliphatic rings. The van der Waals surface area contributed by atoms with Crippen LogP contribution < -0.4 is 5.32 Å². The lowest BCUT2D eigenvalue weighted by Crippen LogP contribution is -2.43. The first kappa shape index (κ1) is 18.3. The summed E-state index contributed by atoms with van der Waals surface area (Å²) < 4.78 is 4.76. The van der Waals surface area contributed by atoms with Crippen molar-refractivity contribution in [3.63, 3.8) is 0 Å². The van der Waals surface area contributed by atoms with E-state index in [-0.39, 0.29) is 11.7 Å². The summed E-state index contributed by atoms with van der Waals surface area (Å²) in [5.41, 5.74) is 0. The van der Waals surface area contributed by atoms with Crippen molar-refractivity contribution in [2.24, 2.45) is 5.92 Å². The van der Waals surface area contributed by atoms with Gasteiger partial charge in [-0.15, -0.1) is 11.8 Å². The Bertz CT molecular complexity index is 715. The Balaban J connectivity index is 1.94. The average molecular weight is 345 g/mol. The van der Waals surface area contributed by atoms with Crippen LogP contribution in [0.15, 0.2) is 47.4 Å². The van der Waals surface area contributed by atoms with Crippen molar-refractivity contribution in [2.75, 3.05) is 12.9 Å². The third-order valence-electron chi connectivity index (χ3n) is 3.62. The van der Waals surface area contributed by atoms with Crippen molar-refractivity contribution < 1.29 is 14.3 Å². The van der Waals surface area contributed by atoms with Gasteiger partial charge in [0, 0.05) is 4.90 Å². The van der Waals surface area contributed by atoms with Gasteiger partial charge in [0.05, 0.1) is 12.9 Å². The van der Waals surface area contributed by atoms with E-state index in [0.29, 0.717) is 12.3 Å². The molecule has 4 nitrogen and oxygen atoms in total. The number of hydrogen-bond acceptors (Lipinski definition) is 4. The van der Waals surface area contributed by atoms with Crippen LogP contribution in [0.1, 0.15) is 20.3 Å². The molecule has 0 aromatic heterocycles. The van der Waals surface area contributed by atoms with Crippen LogP contribution in [0.25, 0.3) is 10.8 Å². The highest BCUT2D eigenvalue weighted by Crippen LogP contribution is 2.23. The second-order valence-corrected chi connectivity index (χ2v) is 7.12. The Hall–Kier alpha value is -2.01. The second kappa shape index (κ2) is 8.73. The first-order valence-corrected chi connectivity index (χ1v) is 8.97. The van der Waals surface area contributed by atoms with Gasteiger partial charge >= 0.3 is 5.97 Å². The van der Waals surface area contributed by atoms with Gasteiger partial charge < -0.3 is 10.1 Å². The van der Waals surface area contributed by atoms with Gasteiger partial charge in [0.25, 0.3) is 0 Å². The maximum Gasteiger partial charge on any atom is 0.328 e. The van der Waals surface area contributed by atoms with Gasteiger partial charge in [0.15, 0.2) is 0 Å². The van der Waals surface area contributed by atoms with Crippen LogP contribution in [0.4, 0.5) is 0 Å². The van der Waals surface area contributed by atoms with E-state index < -0.39 is 12.0 Å². The highest BCUT2D eigenvalue weighted by Gasteiger charge is 2.22. The molecule has 2 rings (SSSR count). The molecule has 1 atom stereocenters. The monoisotopic (exact) mass is 345 g/mol. The summed E-state index contributed by atoms with van der Waals surface area (Å²) in [6.07, 6.45) is 0.569. The number of esters is 1. The summed E-state index contributed by atoms with van der Waals surface area (Å²) in [5.74, 6) is 0.00344. The molecule has 0 radical (unpaired) electrons. The van der Waals surface area contributed by atoms with E-state index in [1.807, 2.05) is 38.1 Å². The fourth-order valence-electron chi connectivity index (χ4n) is 2.47. The standard InChI is InChI=1S/C19H23NO3S/c1-13(2)10-17(19(22)23-3)20-18(21)12-24-16-9-8-14-6-4-5-7-15(14)11-16/h4-9,11,13,17H,10,12H2,1-3H3,(H,20,21). The van der Waals surface area contributed by atoms with E-state index in [1.54, 1.807) is 0 Å². The molecule has 2 aromatic rings. The number of benzene rings is 2. The molecule has 128 valence electrons. The van der Waals surface area contributed by atoms with Gasteiger partial charge in [-0.3, -0.25) is 4.79 Å². The third kappa shape index (κ3) is 5.27. The molecular formula is C19H23NO3S. The molecule has 0 saturated carbocycles. The number of rotatable bonds is 7.